The molecule has 1 aliphatic carbocycles. The maximum Gasteiger partial charge on any atom is 0.163 e. The predicted molar refractivity (Wildman–Crippen MR) is 86.6 cm³/mol. The molecular formula is C20H22O. The fraction of sp³-hybridized carbons (Fsp3) is 0.350. The van der Waals surface area contributed by atoms with Gasteiger partial charge in [0.25, 0.3) is 0 Å². The number of carbonyl (C=O) groups excluding carboxylic acids is 1. The fourth-order valence-corrected chi connectivity index (χ4v) is 3.23. The third kappa shape index (κ3) is 3.81. The van der Waals surface area contributed by atoms with Gasteiger partial charge in [0.05, 0.1) is 0 Å². The second-order valence-electron chi connectivity index (χ2n) is 6.14. The number of hydrogen-bond acceptors (Lipinski definition) is 1. The molecule has 0 bridgehead atoms. The molecule has 0 unspecified atom stereocenters. The summed E-state index contributed by atoms with van der Waals surface area (Å²) in [6.45, 7) is 0. The van der Waals surface area contributed by atoms with E-state index in [0.29, 0.717) is 11.7 Å². The lowest BCUT2D eigenvalue weighted by Crippen LogP contribution is -2.05. The Labute approximate surface area is 127 Å². The van der Waals surface area contributed by atoms with Crippen LogP contribution in [0, 0.1) is 5.92 Å². The van der Waals surface area contributed by atoms with Crippen LogP contribution in [0.2, 0.25) is 0 Å². The van der Waals surface area contributed by atoms with Crippen molar-refractivity contribution in [2.24, 2.45) is 5.92 Å². The molecule has 0 spiro atoms. The van der Waals surface area contributed by atoms with Crippen molar-refractivity contribution >= 4 is 5.78 Å². The van der Waals surface area contributed by atoms with Crippen LogP contribution in [-0.2, 0) is 6.42 Å². The van der Waals surface area contributed by atoms with Gasteiger partial charge in [0, 0.05) is 12.0 Å². The summed E-state index contributed by atoms with van der Waals surface area (Å²) >= 11 is 0. The van der Waals surface area contributed by atoms with E-state index in [1.54, 1.807) is 0 Å². The number of ketones is 1. The summed E-state index contributed by atoms with van der Waals surface area (Å²) < 4.78 is 0. The van der Waals surface area contributed by atoms with Gasteiger partial charge in [-0.2, -0.15) is 0 Å². The van der Waals surface area contributed by atoms with Gasteiger partial charge in [-0.15, -0.1) is 0 Å². The van der Waals surface area contributed by atoms with Gasteiger partial charge in [-0.3, -0.25) is 4.79 Å². The van der Waals surface area contributed by atoms with Crippen molar-refractivity contribution in [2.45, 2.75) is 38.5 Å². The lowest BCUT2D eigenvalue weighted by Gasteiger charge is -2.08. The standard InChI is InChI=1S/C20H22O/c21-20(15-17-8-4-5-9-17)19-12-10-18(11-13-19)14-16-6-2-1-3-7-16/h1-3,6-7,10-13,17H,4-5,8-9,14-15H2. The average Bonchev–Trinajstić information content (AvgIpc) is 3.02. The van der Waals surface area contributed by atoms with Crippen molar-refractivity contribution < 1.29 is 4.79 Å². The molecular weight excluding hydrogens is 256 g/mol. The van der Waals surface area contributed by atoms with Crippen molar-refractivity contribution in [2.75, 3.05) is 0 Å². The van der Waals surface area contributed by atoms with Crippen LogP contribution in [0.5, 0.6) is 0 Å². The minimum atomic E-state index is 0.313. The first kappa shape index (κ1) is 14.1. The Morgan fingerprint density at radius 2 is 1.48 bits per heavy atom. The predicted octanol–water partition coefficient (Wildman–Crippen LogP) is 5.04. The molecule has 21 heavy (non-hydrogen) atoms. The van der Waals surface area contributed by atoms with E-state index in [-0.39, 0.29) is 0 Å². The quantitative estimate of drug-likeness (QED) is 0.700. The van der Waals surface area contributed by atoms with Crippen LogP contribution in [0.4, 0.5) is 0 Å². The number of hydrogen-bond donors (Lipinski definition) is 0. The summed E-state index contributed by atoms with van der Waals surface area (Å²) in [4.78, 5) is 12.3. The first-order valence-corrected chi connectivity index (χ1v) is 7.97. The summed E-state index contributed by atoms with van der Waals surface area (Å²) in [7, 11) is 0. The van der Waals surface area contributed by atoms with E-state index in [0.717, 1.165) is 18.4 Å². The number of carbonyl (C=O) groups is 1. The molecule has 0 radical (unpaired) electrons. The molecule has 0 heterocycles. The zero-order valence-corrected chi connectivity index (χ0v) is 12.4. The molecule has 1 fully saturated rings. The van der Waals surface area contributed by atoms with E-state index >= 15 is 0 Å². The number of Topliss-reactive ketones (excluding diaryl/α,β-unsaturated/α-hetero) is 1. The van der Waals surface area contributed by atoms with Crippen LogP contribution in [0.3, 0.4) is 0 Å². The largest absolute Gasteiger partial charge is 0.294 e. The van der Waals surface area contributed by atoms with Crippen LogP contribution in [0.1, 0.15) is 53.6 Å². The van der Waals surface area contributed by atoms with Crippen molar-refractivity contribution in [3.05, 3.63) is 71.3 Å². The summed E-state index contributed by atoms with van der Waals surface area (Å²) in [6, 6.07) is 18.6. The second kappa shape index (κ2) is 6.71. The summed E-state index contributed by atoms with van der Waals surface area (Å²) in [5, 5.41) is 0. The average molecular weight is 278 g/mol. The van der Waals surface area contributed by atoms with Crippen LogP contribution >= 0.6 is 0 Å². The molecule has 0 saturated heterocycles. The summed E-state index contributed by atoms with van der Waals surface area (Å²) in [6.07, 6.45) is 6.73. The summed E-state index contributed by atoms with van der Waals surface area (Å²) in [5.41, 5.74) is 3.44. The van der Waals surface area contributed by atoms with E-state index in [2.05, 4.69) is 36.4 Å². The van der Waals surface area contributed by atoms with Crippen molar-refractivity contribution in [3.63, 3.8) is 0 Å². The molecule has 0 aromatic heterocycles. The smallest absolute Gasteiger partial charge is 0.163 e. The third-order valence-corrected chi connectivity index (χ3v) is 4.48. The summed E-state index contributed by atoms with van der Waals surface area (Å²) in [5.74, 6) is 0.939. The highest BCUT2D eigenvalue weighted by atomic mass is 16.1. The molecule has 1 nitrogen and oxygen atoms in total. The van der Waals surface area contributed by atoms with E-state index in [9.17, 15) is 4.79 Å². The van der Waals surface area contributed by atoms with Gasteiger partial charge < -0.3 is 0 Å². The van der Waals surface area contributed by atoms with Gasteiger partial charge in [-0.1, -0.05) is 80.3 Å². The molecule has 0 aliphatic heterocycles. The van der Waals surface area contributed by atoms with Crippen molar-refractivity contribution in [1.29, 1.82) is 0 Å². The zero-order chi connectivity index (χ0) is 14.5. The second-order valence-corrected chi connectivity index (χ2v) is 6.14. The number of rotatable bonds is 5. The van der Waals surface area contributed by atoms with Gasteiger partial charge in [-0.05, 0) is 23.5 Å². The lowest BCUT2D eigenvalue weighted by atomic mass is 9.96. The van der Waals surface area contributed by atoms with Gasteiger partial charge in [0.15, 0.2) is 5.78 Å². The Morgan fingerprint density at radius 1 is 0.857 bits per heavy atom. The van der Waals surface area contributed by atoms with Crippen molar-refractivity contribution in [3.8, 4) is 0 Å². The normalized spacial score (nSPS) is 15.2. The molecule has 0 amide bonds. The highest BCUT2D eigenvalue weighted by Crippen LogP contribution is 2.28. The third-order valence-electron chi connectivity index (χ3n) is 4.48. The van der Waals surface area contributed by atoms with Crippen LogP contribution < -0.4 is 0 Å². The monoisotopic (exact) mass is 278 g/mol. The highest BCUT2D eigenvalue weighted by Gasteiger charge is 2.19. The van der Waals surface area contributed by atoms with E-state index in [1.165, 1.54) is 36.8 Å². The highest BCUT2D eigenvalue weighted by molar-refractivity contribution is 5.96. The number of benzene rings is 2. The Hall–Kier alpha value is -1.89. The van der Waals surface area contributed by atoms with Crippen LogP contribution in [0.15, 0.2) is 54.6 Å². The topological polar surface area (TPSA) is 17.1 Å². The van der Waals surface area contributed by atoms with E-state index in [1.807, 2.05) is 18.2 Å². The molecule has 2 aromatic rings. The van der Waals surface area contributed by atoms with E-state index in [4.69, 9.17) is 0 Å². The minimum absolute atomic E-state index is 0.313. The maximum atomic E-state index is 12.3. The molecule has 0 atom stereocenters. The Morgan fingerprint density at radius 3 is 2.14 bits per heavy atom. The molecule has 1 heteroatoms. The first-order chi connectivity index (χ1) is 10.3. The molecule has 1 aliphatic rings. The first-order valence-electron chi connectivity index (χ1n) is 7.97. The van der Waals surface area contributed by atoms with Gasteiger partial charge in [0.1, 0.15) is 0 Å². The van der Waals surface area contributed by atoms with Crippen LogP contribution in [0.25, 0.3) is 0 Å². The molecule has 2 aromatic carbocycles. The Balaban J connectivity index is 1.62. The van der Waals surface area contributed by atoms with Gasteiger partial charge >= 0.3 is 0 Å². The molecule has 108 valence electrons. The minimum Gasteiger partial charge on any atom is -0.294 e. The lowest BCUT2D eigenvalue weighted by molar-refractivity contribution is 0.0962. The molecule has 3 rings (SSSR count). The van der Waals surface area contributed by atoms with Crippen molar-refractivity contribution in [1.82, 2.24) is 0 Å². The maximum absolute atomic E-state index is 12.3. The fourth-order valence-electron chi connectivity index (χ4n) is 3.23. The van der Waals surface area contributed by atoms with Gasteiger partial charge in [-0.25, -0.2) is 0 Å². The van der Waals surface area contributed by atoms with Gasteiger partial charge in [0.2, 0.25) is 0 Å². The SMILES string of the molecule is O=C(CC1CCCC1)c1ccc(Cc2ccccc2)cc1. The molecule has 1 saturated carbocycles. The zero-order valence-electron chi connectivity index (χ0n) is 12.4. The Bertz CT molecular complexity index is 577. The van der Waals surface area contributed by atoms with E-state index < -0.39 is 0 Å². The van der Waals surface area contributed by atoms with Crippen LogP contribution in [-0.4, -0.2) is 5.78 Å². The molecule has 0 N–H and O–H groups in total. The Kier molecular flexibility index (Phi) is 4.49.